The first-order valence-corrected chi connectivity index (χ1v) is 2.54. The van der Waals surface area contributed by atoms with E-state index >= 15 is 0 Å². The second kappa shape index (κ2) is 4.09. The van der Waals surface area contributed by atoms with Crippen molar-refractivity contribution in [3.63, 3.8) is 0 Å². The van der Waals surface area contributed by atoms with Crippen LogP contribution in [0.3, 0.4) is 0 Å². The molecule has 2 heteroatoms. The predicted octanol–water partition coefficient (Wildman–Crippen LogP) is 0.370. The average molecular weight is 103 g/mol. The van der Waals surface area contributed by atoms with Crippen LogP contribution in [-0.4, -0.2) is 19.8 Å². The fraction of sp³-hybridized carbons (Fsp3) is 1.00. The Labute approximate surface area is 44.7 Å². The molecule has 0 saturated carbocycles. The molecule has 0 fully saturated rings. The second-order valence-corrected chi connectivity index (χ2v) is 1.62. The van der Waals surface area contributed by atoms with E-state index in [0.717, 1.165) is 13.0 Å². The Morgan fingerprint density at radius 1 is 1.71 bits per heavy atom. The van der Waals surface area contributed by atoms with Gasteiger partial charge >= 0.3 is 0 Å². The van der Waals surface area contributed by atoms with Crippen molar-refractivity contribution in [1.29, 1.82) is 0 Å². The average Bonchev–Trinajstić information content (AvgIpc) is 1.68. The summed E-state index contributed by atoms with van der Waals surface area (Å²) in [5.41, 5.74) is 5.22. The molecule has 0 aromatic rings. The summed E-state index contributed by atoms with van der Waals surface area (Å²) in [5, 5.41) is 0. The molecule has 0 bridgehead atoms. The summed E-state index contributed by atoms with van der Waals surface area (Å²) in [7, 11) is 1.69. The van der Waals surface area contributed by atoms with Crippen molar-refractivity contribution in [1.82, 2.24) is 0 Å². The number of methoxy groups -OCH3 is 1. The number of rotatable bonds is 3. The van der Waals surface area contributed by atoms with Crippen LogP contribution in [0.4, 0.5) is 0 Å². The van der Waals surface area contributed by atoms with E-state index in [1.54, 1.807) is 7.11 Å². The van der Waals surface area contributed by atoms with Crippen LogP contribution in [-0.2, 0) is 4.74 Å². The first-order chi connectivity index (χ1) is 3.31. The first kappa shape index (κ1) is 6.92. The van der Waals surface area contributed by atoms with Crippen molar-refractivity contribution < 1.29 is 4.74 Å². The molecule has 0 rings (SSSR count). The van der Waals surface area contributed by atoms with E-state index in [1.807, 2.05) is 6.92 Å². The van der Waals surface area contributed by atoms with Gasteiger partial charge in [0.1, 0.15) is 0 Å². The number of hydrogen-bond acceptors (Lipinski definition) is 2. The summed E-state index contributed by atoms with van der Waals surface area (Å²) >= 11 is 0. The molecule has 0 aromatic carbocycles. The summed E-state index contributed by atoms with van der Waals surface area (Å²) in [6.07, 6.45) is 1.28. The zero-order valence-electron chi connectivity index (χ0n) is 4.98. The maximum absolute atomic E-state index is 5.22. The SMILES string of the molecule is COC(C)CCN. The van der Waals surface area contributed by atoms with Crippen molar-refractivity contribution in [3.05, 3.63) is 0 Å². The lowest BCUT2D eigenvalue weighted by Gasteiger charge is -2.04. The minimum atomic E-state index is 0.324. The number of hydrogen-bond donors (Lipinski definition) is 1. The predicted molar refractivity (Wildman–Crippen MR) is 30.1 cm³/mol. The fourth-order valence-electron chi connectivity index (χ4n) is 0.353. The smallest absolute Gasteiger partial charge is 0.0555 e. The van der Waals surface area contributed by atoms with E-state index in [1.165, 1.54) is 0 Å². The van der Waals surface area contributed by atoms with Crippen LogP contribution in [0.25, 0.3) is 0 Å². The third-order valence-electron chi connectivity index (χ3n) is 0.976. The molecule has 0 aliphatic carbocycles. The highest BCUT2D eigenvalue weighted by atomic mass is 16.5. The Morgan fingerprint density at radius 2 is 2.29 bits per heavy atom. The van der Waals surface area contributed by atoms with Gasteiger partial charge < -0.3 is 10.5 Å². The summed E-state index contributed by atoms with van der Waals surface area (Å²) in [4.78, 5) is 0. The first-order valence-electron chi connectivity index (χ1n) is 2.54. The van der Waals surface area contributed by atoms with Crippen LogP contribution in [0.5, 0.6) is 0 Å². The van der Waals surface area contributed by atoms with Gasteiger partial charge in [0, 0.05) is 7.11 Å². The van der Waals surface area contributed by atoms with Gasteiger partial charge in [0.05, 0.1) is 6.10 Å². The van der Waals surface area contributed by atoms with Crippen molar-refractivity contribution in [2.45, 2.75) is 19.4 Å². The molecular weight excluding hydrogens is 90.1 g/mol. The van der Waals surface area contributed by atoms with Gasteiger partial charge in [0.15, 0.2) is 0 Å². The molecule has 0 spiro atoms. The highest BCUT2D eigenvalue weighted by Crippen LogP contribution is 1.89. The van der Waals surface area contributed by atoms with Gasteiger partial charge in [-0.05, 0) is 19.9 Å². The van der Waals surface area contributed by atoms with Gasteiger partial charge in [-0.15, -0.1) is 0 Å². The van der Waals surface area contributed by atoms with Gasteiger partial charge in [-0.2, -0.15) is 0 Å². The Bertz CT molecular complexity index is 39.1. The quantitative estimate of drug-likeness (QED) is 0.560. The van der Waals surface area contributed by atoms with Crippen molar-refractivity contribution in [2.75, 3.05) is 13.7 Å². The molecule has 2 N–H and O–H groups in total. The van der Waals surface area contributed by atoms with E-state index in [4.69, 9.17) is 10.5 Å². The molecule has 0 aromatic heterocycles. The molecule has 0 aliphatic heterocycles. The van der Waals surface area contributed by atoms with Gasteiger partial charge in [0.2, 0.25) is 0 Å². The molecule has 0 aliphatic rings. The zero-order valence-corrected chi connectivity index (χ0v) is 4.98. The van der Waals surface area contributed by atoms with E-state index in [-0.39, 0.29) is 0 Å². The molecule has 2 nitrogen and oxygen atoms in total. The zero-order chi connectivity index (χ0) is 5.70. The minimum absolute atomic E-state index is 0.324. The van der Waals surface area contributed by atoms with Crippen LogP contribution in [0.1, 0.15) is 13.3 Å². The summed E-state index contributed by atoms with van der Waals surface area (Å²) < 4.78 is 4.91. The van der Waals surface area contributed by atoms with Crippen molar-refractivity contribution in [2.24, 2.45) is 5.73 Å². The minimum Gasteiger partial charge on any atom is -0.382 e. The van der Waals surface area contributed by atoms with Gasteiger partial charge in [0.25, 0.3) is 0 Å². The molecule has 7 heavy (non-hydrogen) atoms. The molecule has 1 unspecified atom stereocenters. The topological polar surface area (TPSA) is 35.2 Å². The molecule has 44 valence electrons. The Hall–Kier alpha value is -0.0800. The summed E-state index contributed by atoms with van der Waals surface area (Å²) in [6, 6.07) is 0. The lowest BCUT2D eigenvalue weighted by Crippen LogP contribution is -2.11. The van der Waals surface area contributed by atoms with Crippen molar-refractivity contribution >= 4 is 0 Å². The van der Waals surface area contributed by atoms with E-state index < -0.39 is 0 Å². The van der Waals surface area contributed by atoms with Crippen LogP contribution in [0.15, 0.2) is 0 Å². The summed E-state index contributed by atoms with van der Waals surface area (Å²) in [6.45, 7) is 2.72. The van der Waals surface area contributed by atoms with Crippen LogP contribution >= 0.6 is 0 Å². The largest absolute Gasteiger partial charge is 0.382 e. The highest BCUT2D eigenvalue weighted by Gasteiger charge is 1.92. The Morgan fingerprint density at radius 3 is 2.43 bits per heavy atom. The fourth-order valence-corrected chi connectivity index (χ4v) is 0.353. The Kier molecular flexibility index (Phi) is 4.04. The molecule has 0 radical (unpaired) electrons. The summed E-state index contributed by atoms with van der Waals surface area (Å²) in [5.74, 6) is 0. The lowest BCUT2D eigenvalue weighted by molar-refractivity contribution is 0.113. The Balaban J connectivity index is 2.83. The third-order valence-corrected chi connectivity index (χ3v) is 0.976. The van der Waals surface area contributed by atoms with E-state index in [0.29, 0.717) is 6.10 Å². The third kappa shape index (κ3) is 3.76. The lowest BCUT2D eigenvalue weighted by atomic mass is 10.3. The maximum atomic E-state index is 5.22. The van der Waals surface area contributed by atoms with Crippen LogP contribution in [0.2, 0.25) is 0 Å². The number of nitrogens with two attached hydrogens (primary N) is 1. The molecule has 0 heterocycles. The van der Waals surface area contributed by atoms with Gasteiger partial charge in [-0.1, -0.05) is 0 Å². The monoisotopic (exact) mass is 103 g/mol. The normalized spacial score (nSPS) is 14.1. The standard InChI is InChI=1S/C5H13NO/c1-5(7-2)3-4-6/h5H,3-4,6H2,1-2H3. The second-order valence-electron chi connectivity index (χ2n) is 1.62. The highest BCUT2D eigenvalue weighted by molar-refractivity contribution is 4.46. The van der Waals surface area contributed by atoms with Crippen LogP contribution in [0, 0.1) is 0 Å². The van der Waals surface area contributed by atoms with Crippen molar-refractivity contribution in [3.8, 4) is 0 Å². The van der Waals surface area contributed by atoms with E-state index in [9.17, 15) is 0 Å². The maximum Gasteiger partial charge on any atom is 0.0555 e. The van der Waals surface area contributed by atoms with Crippen LogP contribution < -0.4 is 5.73 Å². The van der Waals surface area contributed by atoms with E-state index in [2.05, 4.69) is 0 Å². The number of ether oxygens (including phenoxy) is 1. The molecule has 0 saturated heterocycles. The molecule has 1 atom stereocenters. The van der Waals surface area contributed by atoms with Gasteiger partial charge in [-0.3, -0.25) is 0 Å². The van der Waals surface area contributed by atoms with Gasteiger partial charge in [-0.25, -0.2) is 0 Å². The molecular formula is C5H13NO. The molecule has 0 amide bonds.